The summed E-state index contributed by atoms with van der Waals surface area (Å²) in [4.78, 5) is 28.3. The maximum Gasteiger partial charge on any atom is 0.262 e. The third-order valence-electron chi connectivity index (χ3n) is 5.83. The van der Waals surface area contributed by atoms with Gasteiger partial charge in [0.2, 0.25) is 5.91 Å². The second-order valence-electron chi connectivity index (χ2n) is 8.64. The lowest BCUT2D eigenvalue weighted by molar-refractivity contribution is -0.121. The minimum Gasteiger partial charge on any atom is -0.367 e. The molecule has 0 atom stereocenters. The summed E-state index contributed by atoms with van der Waals surface area (Å²) >= 11 is 0. The molecule has 3 rings (SSSR count). The zero-order valence-electron chi connectivity index (χ0n) is 20.4. The fraction of sp³-hybridized carbons (Fsp3) is 0.417. The van der Waals surface area contributed by atoms with Gasteiger partial charge in [0.1, 0.15) is 0 Å². The Bertz CT molecular complexity index is 1170. The molecule has 9 nitrogen and oxygen atoms in total. The molecule has 1 aliphatic rings. The van der Waals surface area contributed by atoms with E-state index in [-0.39, 0.29) is 23.3 Å². The Morgan fingerprint density at radius 3 is 2.26 bits per heavy atom. The van der Waals surface area contributed by atoms with Crippen LogP contribution in [0.4, 0.5) is 11.4 Å². The van der Waals surface area contributed by atoms with Crippen molar-refractivity contribution in [2.45, 2.75) is 25.7 Å². The number of sulfonamides is 1. The molecule has 0 saturated carbocycles. The number of rotatable bonds is 7. The van der Waals surface area contributed by atoms with E-state index >= 15 is 0 Å². The number of hydrogen-bond acceptors (Lipinski definition) is 6. The highest BCUT2D eigenvalue weighted by Gasteiger charge is 2.25. The quantitative estimate of drug-likeness (QED) is 0.548. The molecule has 0 aliphatic carbocycles. The number of likely N-dealkylation sites (N-methyl/N-ethyl adjacent to an activating group) is 2. The lowest BCUT2D eigenvalue weighted by atomic mass is 10.1. The van der Waals surface area contributed by atoms with Crippen LogP contribution >= 0.6 is 0 Å². The standard InChI is InChI=1S/C24H33N5O4S/c1-16-12-17(2)23(18(3)13-16)34(32,33)27-20-14-19(24(31)28(5)15-22(30)25-4)6-7-21(20)29-10-8-26-9-11-29/h6-7,12-14,26-27H,8-11,15H2,1-5H3,(H,25,30). The number of anilines is 2. The van der Waals surface area contributed by atoms with Crippen molar-refractivity contribution in [2.75, 3.05) is 56.4 Å². The summed E-state index contributed by atoms with van der Waals surface area (Å²) < 4.78 is 29.7. The first-order valence-corrected chi connectivity index (χ1v) is 12.7. The largest absolute Gasteiger partial charge is 0.367 e. The first kappa shape index (κ1) is 25.5. The monoisotopic (exact) mass is 487 g/mol. The van der Waals surface area contributed by atoms with Crippen LogP contribution in [0.25, 0.3) is 0 Å². The Labute approximate surface area is 201 Å². The maximum absolute atomic E-state index is 13.5. The van der Waals surface area contributed by atoms with Crippen molar-refractivity contribution in [1.29, 1.82) is 0 Å². The third-order valence-corrected chi connectivity index (χ3v) is 7.50. The number of carbonyl (C=O) groups excluding carboxylic acids is 2. The van der Waals surface area contributed by atoms with E-state index in [9.17, 15) is 18.0 Å². The predicted molar refractivity (Wildman–Crippen MR) is 134 cm³/mol. The normalized spacial score (nSPS) is 14.0. The summed E-state index contributed by atoms with van der Waals surface area (Å²) in [6.07, 6.45) is 0. The van der Waals surface area contributed by atoms with Crippen molar-refractivity contribution in [3.63, 3.8) is 0 Å². The third kappa shape index (κ3) is 5.68. The summed E-state index contributed by atoms with van der Waals surface area (Å²) in [7, 11) is -0.882. The molecule has 0 unspecified atom stereocenters. The SMILES string of the molecule is CNC(=O)CN(C)C(=O)c1ccc(N2CCNCC2)c(NS(=O)(=O)c2c(C)cc(C)cc2C)c1. The lowest BCUT2D eigenvalue weighted by Gasteiger charge is -2.31. The van der Waals surface area contributed by atoms with Crippen LogP contribution in [0, 0.1) is 20.8 Å². The van der Waals surface area contributed by atoms with Gasteiger partial charge in [0.15, 0.2) is 0 Å². The van der Waals surface area contributed by atoms with Gasteiger partial charge in [-0.3, -0.25) is 14.3 Å². The zero-order chi connectivity index (χ0) is 25.0. The van der Waals surface area contributed by atoms with Gasteiger partial charge in [-0.25, -0.2) is 8.42 Å². The molecule has 0 spiro atoms. The van der Waals surface area contributed by atoms with Crippen molar-refractivity contribution < 1.29 is 18.0 Å². The molecule has 1 heterocycles. The summed E-state index contributed by atoms with van der Waals surface area (Å²) in [6, 6.07) is 8.66. The average Bonchev–Trinajstić information content (AvgIpc) is 2.77. The van der Waals surface area contributed by atoms with Crippen molar-refractivity contribution in [2.24, 2.45) is 0 Å². The van der Waals surface area contributed by atoms with Gasteiger partial charge in [-0.1, -0.05) is 17.7 Å². The molecule has 184 valence electrons. The van der Waals surface area contributed by atoms with Crippen LogP contribution in [-0.4, -0.2) is 72.0 Å². The van der Waals surface area contributed by atoms with Gasteiger partial charge in [-0.05, 0) is 50.1 Å². The van der Waals surface area contributed by atoms with E-state index in [1.54, 1.807) is 32.0 Å². The lowest BCUT2D eigenvalue weighted by Crippen LogP contribution is -2.44. The smallest absolute Gasteiger partial charge is 0.262 e. The highest BCUT2D eigenvalue weighted by molar-refractivity contribution is 7.92. The van der Waals surface area contributed by atoms with E-state index in [1.165, 1.54) is 19.0 Å². The minimum absolute atomic E-state index is 0.0995. The summed E-state index contributed by atoms with van der Waals surface area (Å²) in [5.74, 6) is -0.668. The molecule has 1 fully saturated rings. The Morgan fingerprint density at radius 2 is 1.68 bits per heavy atom. The van der Waals surface area contributed by atoms with E-state index < -0.39 is 10.0 Å². The van der Waals surface area contributed by atoms with E-state index in [4.69, 9.17) is 0 Å². The van der Waals surface area contributed by atoms with Crippen molar-refractivity contribution >= 4 is 33.2 Å². The first-order chi connectivity index (χ1) is 16.0. The summed E-state index contributed by atoms with van der Waals surface area (Å²) in [5.41, 5.74) is 3.64. The number of amides is 2. The highest BCUT2D eigenvalue weighted by atomic mass is 32.2. The Hall–Kier alpha value is -3.11. The molecule has 1 saturated heterocycles. The molecule has 10 heteroatoms. The van der Waals surface area contributed by atoms with Crippen LogP contribution in [0.1, 0.15) is 27.0 Å². The number of benzene rings is 2. The Balaban J connectivity index is 2.03. The number of hydrogen-bond donors (Lipinski definition) is 3. The van der Waals surface area contributed by atoms with Gasteiger partial charge in [0.05, 0.1) is 22.8 Å². The molecule has 0 aromatic heterocycles. The second-order valence-corrected chi connectivity index (χ2v) is 10.3. The fourth-order valence-electron chi connectivity index (χ4n) is 4.31. The van der Waals surface area contributed by atoms with Crippen LogP contribution < -0.4 is 20.3 Å². The van der Waals surface area contributed by atoms with Gasteiger partial charge < -0.3 is 20.4 Å². The first-order valence-electron chi connectivity index (χ1n) is 11.2. The number of piperazine rings is 1. The maximum atomic E-state index is 13.5. The molecule has 2 amide bonds. The summed E-state index contributed by atoms with van der Waals surface area (Å²) in [6.45, 7) is 8.35. The van der Waals surface area contributed by atoms with Crippen LogP contribution in [0.2, 0.25) is 0 Å². The van der Waals surface area contributed by atoms with E-state index in [0.717, 1.165) is 18.7 Å². The molecule has 0 bridgehead atoms. The van der Waals surface area contributed by atoms with Crippen LogP contribution in [0.5, 0.6) is 0 Å². The van der Waals surface area contributed by atoms with Crippen LogP contribution in [0.3, 0.4) is 0 Å². The molecule has 0 radical (unpaired) electrons. The molecule has 2 aromatic rings. The van der Waals surface area contributed by atoms with Gasteiger partial charge in [0, 0.05) is 45.8 Å². The molecule has 34 heavy (non-hydrogen) atoms. The van der Waals surface area contributed by atoms with Crippen molar-refractivity contribution in [1.82, 2.24) is 15.5 Å². The molecule has 1 aliphatic heterocycles. The van der Waals surface area contributed by atoms with Gasteiger partial charge in [0.25, 0.3) is 15.9 Å². The predicted octanol–water partition coefficient (Wildman–Crippen LogP) is 1.64. The van der Waals surface area contributed by atoms with E-state index in [2.05, 4.69) is 20.3 Å². The average molecular weight is 488 g/mol. The second kappa shape index (κ2) is 10.4. The Kier molecular flexibility index (Phi) is 7.83. The fourth-order valence-corrected chi connectivity index (χ4v) is 5.83. The van der Waals surface area contributed by atoms with Crippen molar-refractivity contribution in [3.8, 4) is 0 Å². The van der Waals surface area contributed by atoms with Crippen LogP contribution in [0.15, 0.2) is 35.2 Å². The number of aryl methyl sites for hydroxylation is 3. The minimum atomic E-state index is -3.92. The van der Waals surface area contributed by atoms with Gasteiger partial charge in [-0.2, -0.15) is 0 Å². The highest BCUT2D eigenvalue weighted by Crippen LogP contribution is 2.32. The molecular weight excluding hydrogens is 454 g/mol. The molecular formula is C24H33N5O4S. The summed E-state index contributed by atoms with van der Waals surface area (Å²) in [5, 5.41) is 5.78. The van der Waals surface area contributed by atoms with Gasteiger partial charge >= 0.3 is 0 Å². The van der Waals surface area contributed by atoms with Crippen LogP contribution in [-0.2, 0) is 14.8 Å². The van der Waals surface area contributed by atoms with E-state index in [1.807, 2.05) is 19.1 Å². The number of nitrogens with zero attached hydrogens (tertiary/aromatic N) is 2. The molecule has 2 aromatic carbocycles. The van der Waals surface area contributed by atoms with Gasteiger partial charge in [-0.15, -0.1) is 0 Å². The Morgan fingerprint density at radius 1 is 1.06 bits per heavy atom. The van der Waals surface area contributed by atoms with E-state index in [0.29, 0.717) is 41.2 Å². The number of nitrogens with one attached hydrogen (secondary N) is 3. The molecule has 3 N–H and O–H groups in total. The zero-order valence-corrected chi connectivity index (χ0v) is 21.2. The number of carbonyl (C=O) groups is 2. The topological polar surface area (TPSA) is 111 Å². The van der Waals surface area contributed by atoms with Crippen molar-refractivity contribution in [3.05, 3.63) is 52.6 Å².